The molecule has 0 bridgehead atoms. The van der Waals surface area contributed by atoms with E-state index < -0.39 is 0 Å². The summed E-state index contributed by atoms with van der Waals surface area (Å²) < 4.78 is 12.8. The van der Waals surface area contributed by atoms with Crippen LogP contribution in [0.25, 0.3) is 4.96 Å². The van der Waals surface area contributed by atoms with E-state index in [1.54, 1.807) is 25.6 Å². The molecule has 1 N–H and O–H groups in total. The van der Waals surface area contributed by atoms with E-state index in [1.165, 1.54) is 0 Å². The molecule has 0 aliphatic rings. The number of aromatic nitrogens is 2. The predicted octanol–water partition coefficient (Wildman–Crippen LogP) is 1.93. The third-order valence-electron chi connectivity index (χ3n) is 3.02. The van der Waals surface area contributed by atoms with Gasteiger partial charge in [0.15, 0.2) is 11.3 Å². The first-order valence-electron chi connectivity index (χ1n) is 6.48. The molecule has 0 saturated heterocycles. The second-order valence-corrected chi connectivity index (χ2v) is 5.30. The topological polar surface area (TPSA) is 47.8 Å². The highest BCUT2D eigenvalue weighted by atomic mass is 32.1. The van der Waals surface area contributed by atoms with Gasteiger partial charge in [0.2, 0.25) is 0 Å². The second-order valence-electron chi connectivity index (χ2n) is 4.43. The van der Waals surface area contributed by atoms with E-state index >= 15 is 0 Å². The molecule has 5 nitrogen and oxygen atoms in total. The number of thiazole rings is 1. The van der Waals surface area contributed by atoms with Crippen LogP contribution < -0.4 is 5.32 Å². The number of rotatable bonds is 8. The van der Waals surface area contributed by atoms with Crippen LogP contribution in [0.15, 0.2) is 17.8 Å². The van der Waals surface area contributed by atoms with Crippen molar-refractivity contribution in [3.05, 3.63) is 23.5 Å². The Hall–Kier alpha value is -0.950. The minimum atomic E-state index is -0.258. The van der Waals surface area contributed by atoms with Crippen LogP contribution in [0.1, 0.15) is 19.0 Å². The lowest BCUT2D eigenvalue weighted by Crippen LogP contribution is -2.44. The molecule has 0 amide bonds. The van der Waals surface area contributed by atoms with Crippen LogP contribution in [0.4, 0.5) is 0 Å². The molecular weight excluding hydrogens is 262 g/mol. The number of hydrogen-bond donors (Lipinski definition) is 1. The van der Waals surface area contributed by atoms with Gasteiger partial charge in [-0.15, -0.1) is 11.3 Å². The van der Waals surface area contributed by atoms with E-state index in [1.807, 2.05) is 16.0 Å². The van der Waals surface area contributed by atoms with E-state index in [-0.39, 0.29) is 12.3 Å². The molecule has 0 radical (unpaired) electrons. The van der Waals surface area contributed by atoms with Crippen LogP contribution in [-0.4, -0.2) is 42.5 Å². The number of imidazole rings is 1. The van der Waals surface area contributed by atoms with E-state index in [0.29, 0.717) is 0 Å². The van der Waals surface area contributed by atoms with Gasteiger partial charge in [0.1, 0.15) is 0 Å². The highest BCUT2D eigenvalue weighted by Gasteiger charge is 2.21. The third-order valence-corrected chi connectivity index (χ3v) is 3.79. The maximum Gasteiger partial charge on any atom is 0.193 e. The summed E-state index contributed by atoms with van der Waals surface area (Å²) in [6.45, 7) is 3.08. The number of nitrogens with one attached hydrogen (secondary N) is 1. The molecule has 1 atom stereocenters. The molecule has 19 heavy (non-hydrogen) atoms. The molecule has 6 heteroatoms. The number of fused-ring (bicyclic) bond motifs is 1. The van der Waals surface area contributed by atoms with Gasteiger partial charge in [0.25, 0.3) is 0 Å². The van der Waals surface area contributed by atoms with Crippen LogP contribution in [0.5, 0.6) is 0 Å². The number of methoxy groups -OCH3 is 2. The Morgan fingerprint density at radius 3 is 2.84 bits per heavy atom. The van der Waals surface area contributed by atoms with E-state index in [0.717, 1.165) is 30.0 Å². The number of ether oxygens (including phenoxy) is 2. The van der Waals surface area contributed by atoms with Crippen molar-refractivity contribution < 1.29 is 9.47 Å². The summed E-state index contributed by atoms with van der Waals surface area (Å²) in [7, 11) is 3.33. The second kappa shape index (κ2) is 7.00. The average molecular weight is 283 g/mol. The third kappa shape index (κ3) is 3.54. The quantitative estimate of drug-likeness (QED) is 0.752. The first kappa shape index (κ1) is 14.5. The van der Waals surface area contributed by atoms with Gasteiger partial charge in [-0.2, -0.15) is 0 Å². The normalized spacial score (nSPS) is 13.5. The number of hydrogen-bond acceptors (Lipinski definition) is 5. The molecule has 0 aromatic carbocycles. The summed E-state index contributed by atoms with van der Waals surface area (Å²) in [6, 6.07) is 0.111. The molecule has 2 aromatic heterocycles. The maximum atomic E-state index is 5.37. The zero-order chi connectivity index (χ0) is 13.7. The van der Waals surface area contributed by atoms with E-state index in [4.69, 9.17) is 9.47 Å². The molecular formula is C13H21N3O2S. The summed E-state index contributed by atoms with van der Waals surface area (Å²) in [5, 5.41) is 5.49. The summed E-state index contributed by atoms with van der Waals surface area (Å²) in [5.41, 5.74) is 1.06. The van der Waals surface area contributed by atoms with Gasteiger partial charge in [-0.05, 0) is 13.0 Å². The minimum Gasteiger partial charge on any atom is -0.354 e. The zero-order valence-corrected chi connectivity index (χ0v) is 12.4. The Balaban J connectivity index is 2.07. The summed E-state index contributed by atoms with van der Waals surface area (Å²) in [4.78, 5) is 5.63. The Kier molecular flexibility index (Phi) is 5.33. The average Bonchev–Trinajstić information content (AvgIpc) is 2.97. The Labute approximate surface area is 117 Å². The minimum absolute atomic E-state index is 0.111. The molecule has 0 fully saturated rings. The van der Waals surface area contributed by atoms with Crippen molar-refractivity contribution in [2.24, 2.45) is 0 Å². The van der Waals surface area contributed by atoms with Crippen LogP contribution in [0.2, 0.25) is 0 Å². The van der Waals surface area contributed by atoms with Crippen molar-refractivity contribution in [2.75, 3.05) is 20.8 Å². The molecule has 2 aromatic rings. The van der Waals surface area contributed by atoms with Gasteiger partial charge >= 0.3 is 0 Å². The molecule has 2 heterocycles. The Bertz CT molecular complexity index is 464. The SMILES string of the molecule is CCCNC(Cc1cn2ccsc2n1)C(OC)OC. The van der Waals surface area contributed by atoms with Crippen molar-refractivity contribution in [1.82, 2.24) is 14.7 Å². The molecule has 106 valence electrons. The highest BCUT2D eigenvalue weighted by molar-refractivity contribution is 7.15. The summed E-state index contributed by atoms with van der Waals surface area (Å²) in [6.07, 6.45) is 5.70. The monoisotopic (exact) mass is 283 g/mol. The summed E-state index contributed by atoms with van der Waals surface area (Å²) in [5.74, 6) is 0. The largest absolute Gasteiger partial charge is 0.354 e. The molecule has 1 unspecified atom stereocenters. The van der Waals surface area contributed by atoms with Crippen LogP contribution in [-0.2, 0) is 15.9 Å². The zero-order valence-electron chi connectivity index (χ0n) is 11.6. The van der Waals surface area contributed by atoms with Gasteiger partial charge in [0.05, 0.1) is 11.7 Å². The maximum absolute atomic E-state index is 5.37. The van der Waals surface area contributed by atoms with Crippen molar-refractivity contribution in [2.45, 2.75) is 32.1 Å². The van der Waals surface area contributed by atoms with Crippen molar-refractivity contribution in [3.63, 3.8) is 0 Å². The molecule has 0 saturated carbocycles. The first-order valence-corrected chi connectivity index (χ1v) is 7.36. The van der Waals surface area contributed by atoms with Crippen molar-refractivity contribution >= 4 is 16.3 Å². The van der Waals surface area contributed by atoms with E-state index in [2.05, 4.69) is 23.4 Å². The van der Waals surface area contributed by atoms with Gasteiger partial charge in [0, 0.05) is 38.4 Å². The Morgan fingerprint density at radius 1 is 1.42 bits per heavy atom. The standard InChI is InChI=1S/C13H21N3O2S/c1-4-5-14-11(12(17-2)18-3)8-10-9-16-6-7-19-13(16)15-10/h6-7,9,11-12,14H,4-5,8H2,1-3H3. The van der Waals surface area contributed by atoms with Gasteiger partial charge in [-0.1, -0.05) is 6.92 Å². The predicted molar refractivity (Wildman–Crippen MR) is 76.7 cm³/mol. The highest BCUT2D eigenvalue weighted by Crippen LogP contribution is 2.14. The molecule has 0 aliphatic carbocycles. The van der Waals surface area contributed by atoms with Crippen molar-refractivity contribution in [1.29, 1.82) is 0 Å². The molecule has 2 rings (SSSR count). The lowest BCUT2D eigenvalue weighted by Gasteiger charge is -2.25. The van der Waals surface area contributed by atoms with E-state index in [9.17, 15) is 0 Å². The van der Waals surface area contributed by atoms with Crippen LogP contribution in [0, 0.1) is 0 Å². The van der Waals surface area contributed by atoms with Gasteiger partial charge in [-0.3, -0.25) is 4.40 Å². The first-order chi connectivity index (χ1) is 9.28. The lowest BCUT2D eigenvalue weighted by molar-refractivity contribution is -0.122. The van der Waals surface area contributed by atoms with Gasteiger partial charge in [-0.25, -0.2) is 4.98 Å². The van der Waals surface area contributed by atoms with Crippen molar-refractivity contribution in [3.8, 4) is 0 Å². The molecule has 0 aliphatic heterocycles. The molecule has 0 spiro atoms. The summed E-state index contributed by atoms with van der Waals surface area (Å²) >= 11 is 1.64. The fraction of sp³-hybridized carbons (Fsp3) is 0.615. The number of nitrogens with zero attached hydrogens (tertiary/aromatic N) is 2. The van der Waals surface area contributed by atoms with Crippen LogP contribution in [0.3, 0.4) is 0 Å². The van der Waals surface area contributed by atoms with Gasteiger partial charge < -0.3 is 14.8 Å². The lowest BCUT2D eigenvalue weighted by atomic mass is 10.1. The van der Waals surface area contributed by atoms with Crippen LogP contribution >= 0.6 is 11.3 Å². The fourth-order valence-corrected chi connectivity index (χ4v) is 2.84. The Morgan fingerprint density at radius 2 is 2.21 bits per heavy atom. The smallest absolute Gasteiger partial charge is 0.193 e. The fourth-order valence-electron chi connectivity index (χ4n) is 2.12.